The van der Waals surface area contributed by atoms with Gasteiger partial charge >= 0.3 is 0 Å². The van der Waals surface area contributed by atoms with E-state index in [4.69, 9.17) is 0 Å². The maximum absolute atomic E-state index is 11.6. The van der Waals surface area contributed by atoms with E-state index >= 15 is 0 Å². The van der Waals surface area contributed by atoms with E-state index < -0.39 is 0 Å². The molecule has 2 saturated heterocycles. The minimum Gasteiger partial charge on any atom is -0.356 e. The highest BCUT2D eigenvalue weighted by atomic mass is 32.1. The van der Waals surface area contributed by atoms with Crippen molar-refractivity contribution in [1.82, 2.24) is 25.3 Å². The summed E-state index contributed by atoms with van der Waals surface area (Å²) in [6, 6.07) is 0. The standard InChI is InChI=1S/C14H23N5OS/c1-11-16-17-13(21-11)9-19-8-7-18(2)14(10-19)4-3-12(20)15-6-5-14/h3-10H2,1-2H3,(H,15,20)/t14-/m1/s1. The highest BCUT2D eigenvalue weighted by molar-refractivity contribution is 7.11. The van der Waals surface area contributed by atoms with E-state index in [9.17, 15) is 4.79 Å². The van der Waals surface area contributed by atoms with Crippen LogP contribution in [-0.2, 0) is 11.3 Å². The summed E-state index contributed by atoms with van der Waals surface area (Å²) in [6.07, 6.45) is 2.61. The summed E-state index contributed by atoms with van der Waals surface area (Å²) in [7, 11) is 2.20. The fourth-order valence-electron chi connectivity index (χ4n) is 3.41. The van der Waals surface area contributed by atoms with Crippen LogP contribution in [0.15, 0.2) is 0 Å². The van der Waals surface area contributed by atoms with Crippen LogP contribution in [0.1, 0.15) is 29.3 Å². The topological polar surface area (TPSA) is 61.4 Å². The van der Waals surface area contributed by atoms with Gasteiger partial charge in [0.2, 0.25) is 5.91 Å². The van der Waals surface area contributed by atoms with Gasteiger partial charge < -0.3 is 5.32 Å². The van der Waals surface area contributed by atoms with Crippen LogP contribution in [0.4, 0.5) is 0 Å². The van der Waals surface area contributed by atoms with Crippen LogP contribution in [0.5, 0.6) is 0 Å². The molecule has 0 radical (unpaired) electrons. The lowest BCUT2D eigenvalue weighted by Gasteiger charge is -2.49. The Kier molecular flexibility index (Phi) is 4.24. The quantitative estimate of drug-likeness (QED) is 0.868. The first-order valence-corrected chi connectivity index (χ1v) is 8.38. The molecule has 0 saturated carbocycles. The molecule has 116 valence electrons. The van der Waals surface area contributed by atoms with Gasteiger partial charge in [-0.05, 0) is 26.8 Å². The Morgan fingerprint density at radius 2 is 2.19 bits per heavy atom. The molecular weight excluding hydrogens is 286 g/mol. The molecule has 21 heavy (non-hydrogen) atoms. The first kappa shape index (κ1) is 14.9. The van der Waals surface area contributed by atoms with Gasteiger partial charge in [0.15, 0.2) is 0 Å². The Balaban J connectivity index is 1.70. The van der Waals surface area contributed by atoms with Gasteiger partial charge in [0.1, 0.15) is 10.0 Å². The summed E-state index contributed by atoms with van der Waals surface area (Å²) in [4.78, 5) is 16.6. The summed E-state index contributed by atoms with van der Waals surface area (Å²) >= 11 is 1.68. The van der Waals surface area contributed by atoms with Crippen molar-refractivity contribution in [3.63, 3.8) is 0 Å². The second-order valence-electron chi connectivity index (χ2n) is 6.17. The largest absolute Gasteiger partial charge is 0.356 e. The van der Waals surface area contributed by atoms with Gasteiger partial charge in [-0.2, -0.15) is 0 Å². The number of aryl methyl sites for hydroxylation is 1. The molecule has 2 aliphatic heterocycles. The average molecular weight is 309 g/mol. The number of aromatic nitrogens is 2. The number of likely N-dealkylation sites (N-methyl/N-ethyl adjacent to an activating group) is 1. The van der Waals surface area contributed by atoms with Gasteiger partial charge in [0.25, 0.3) is 0 Å². The second-order valence-corrected chi connectivity index (χ2v) is 7.44. The predicted molar refractivity (Wildman–Crippen MR) is 82.1 cm³/mol. The van der Waals surface area contributed by atoms with Crippen molar-refractivity contribution in [2.24, 2.45) is 0 Å². The molecule has 1 N–H and O–H groups in total. The third-order valence-corrected chi connectivity index (χ3v) is 5.56. The molecule has 0 aliphatic carbocycles. The molecule has 7 heteroatoms. The first-order valence-electron chi connectivity index (χ1n) is 7.57. The number of rotatable bonds is 2. The summed E-state index contributed by atoms with van der Waals surface area (Å²) in [5.74, 6) is 0.192. The minimum atomic E-state index is 0.122. The number of carbonyl (C=O) groups is 1. The van der Waals surface area contributed by atoms with Crippen molar-refractivity contribution in [3.05, 3.63) is 10.0 Å². The summed E-state index contributed by atoms with van der Waals surface area (Å²) in [6.45, 7) is 6.77. The molecule has 3 rings (SSSR count). The lowest BCUT2D eigenvalue weighted by Crippen LogP contribution is -2.60. The van der Waals surface area contributed by atoms with Crippen LogP contribution in [0.25, 0.3) is 0 Å². The molecule has 1 atom stereocenters. The van der Waals surface area contributed by atoms with Gasteiger partial charge in [0.05, 0.1) is 6.54 Å². The van der Waals surface area contributed by atoms with E-state index in [2.05, 4.69) is 32.4 Å². The molecule has 2 fully saturated rings. The number of amides is 1. The highest BCUT2D eigenvalue weighted by Crippen LogP contribution is 2.31. The molecular formula is C14H23N5OS. The number of hydrogen-bond donors (Lipinski definition) is 1. The Bertz CT molecular complexity index is 519. The number of nitrogens with one attached hydrogen (secondary N) is 1. The van der Waals surface area contributed by atoms with Crippen LogP contribution >= 0.6 is 11.3 Å². The van der Waals surface area contributed by atoms with Crippen molar-refractivity contribution < 1.29 is 4.79 Å². The molecule has 6 nitrogen and oxygen atoms in total. The lowest BCUT2D eigenvalue weighted by molar-refractivity contribution is -0.121. The van der Waals surface area contributed by atoms with Gasteiger partial charge in [-0.15, -0.1) is 21.5 Å². The van der Waals surface area contributed by atoms with Crippen molar-refractivity contribution in [3.8, 4) is 0 Å². The van der Waals surface area contributed by atoms with Crippen molar-refractivity contribution in [2.75, 3.05) is 33.2 Å². The Hall–Kier alpha value is -1.05. The zero-order valence-corrected chi connectivity index (χ0v) is 13.6. The van der Waals surface area contributed by atoms with E-state index in [1.165, 1.54) is 0 Å². The van der Waals surface area contributed by atoms with E-state index in [-0.39, 0.29) is 11.4 Å². The molecule has 1 spiro atoms. The molecule has 1 aromatic rings. The van der Waals surface area contributed by atoms with Gasteiger partial charge in [-0.1, -0.05) is 0 Å². The van der Waals surface area contributed by atoms with E-state index in [1.54, 1.807) is 11.3 Å². The third kappa shape index (κ3) is 3.25. The normalized spacial score (nSPS) is 28.6. The molecule has 2 aliphatic rings. The van der Waals surface area contributed by atoms with Crippen molar-refractivity contribution in [2.45, 2.75) is 38.3 Å². The summed E-state index contributed by atoms with van der Waals surface area (Å²) < 4.78 is 0. The van der Waals surface area contributed by atoms with Crippen molar-refractivity contribution >= 4 is 17.2 Å². The van der Waals surface area contributed by atoms with Crippen LogP contribution in [-0.4, -0.2) is 64.7 Å². The van der Waals surface area contributed by atoms with Crippen LogP contribution in [0, 0.1) is 6.92 Å². The molecule has 1 aromatic heterocycles. The predicted octanol–water partition coefficient (Wildman–Crippen LogP) is 0.633. The number of nitrogens with zero attached hydrogens (tertiary/aromatic N) is 4. The monoisotopic (exact) mass is 309 g/mol. The van der Waals surface area contributed by atoms with E-state index in [0.29, 0.717) is 6.42 Å². The maximum atomic E-state index is 11.6. The van der Waals surface area contributed by atoms with Gasteiger partial charge in [-0.3, -0.25) is 14.6 Å². The van der Waals surface area contributed by atoms with Crippen LogP contribution in [0.3, 0.4) is 0 Å². The Labute approximate surface area is 129 Å². The minimum absolute atomic E-state index is 0.122. The number of hydrogen-bond acceptors (Lipinski definition) is 6. The third-order valence-electron chi connectivity index (χ3n) is 4.74. The maximum Gasteiger partial charge on any atom is 0.220 e. The fourth-order valence-corrected chi connectivity index (χ4v) is 4.16. The van der Waals surface area contributed by atoms with Gasteiger partial charge in [0, 0.05) is 38.1 Å². The highest BCUT2D eigenvalue weighted by Gasteiger charge is 2.40. The molecule has 3 heterocycles. The fraction of sp³-hybridized carbons (Fsp3) is 0.786. The summed E-state index contributed by atoms with van der Waals surface area (Å²) in [5, 5.41) is 13.5. The Morgan fingerprint density at radius 1 is 1.33 bits per heavy atom. The molecule has 0 unspecified atom stereocenters. The number of carbonyl (C=O) groups excluding carboxylic acids is 1. The first-order chi connectivity index (χ1) is 10.1. The van der Waals surface area contributed by atoms with E-state index in [0.717, 1.165) is 55.6 Å². The van der Waals surface area contributed by atoms with E-state index in [1.807, 2.05) is 6.92 Å². The summed E-state index contributed by atoms with van der Waals surface area (Å²) in [5.41, 5.74) is 0.122. The molecule has 1 amide bonds. The smallest absolute Gasteiger partial charge is 0.220 e. The van der Waals surface area contributed by atoms with Gasteiger partial charge in [-0.25, -0.2) is 0 Å². The SMILES string of the molecule is Cc1nnc(CN2CCN(C)[C@]3(CCNC(=O)CC3)C2)s1. The van der Waals surface area contributed by atoms with Crippen LogP contribution in [0.2, 0.25) is 0 Å². The lowest BCUT2D eigenvalue weighted by atomic mass is 9.86. The second kappa shape index (κ2) is 5.98. The Morgan fingerprint density at radius 3 is 2.95 bits per heavy atom. The van der Waals surface area contributed by atoms with Crippen LogP contribution < -0.4 is 5.32 Å². The molecule has 0 bridgehead atoms. The average Bonchev–Trinajstić information content (AvgIpc) is 2.76. The molecule has 0 aromatic carbocycles. The zero-order chi connectivity index (χ0) is 14.9. The number of piperazine rings is 1. The van der Waals surface area contributed by atoms with Crippen molar-refractivity contribution in [1.29, 1.82) is 0 Å². The zero-order valence-electron chi connectivity index (χ0n) is 12.8.